The Morgan fingerprint density at radius 1 is 1.22 bits per heavy atom. The summed E-state index contributed by atoms with van der Waals surface area (Å²) in [5.74, 6) is 1.43. The van der Waals surface area contributed by atoms with Crippen LogP contribution in [0.3, 0.4) is 0 Å². The van der Waals surface area contributed by atoms with E-state index in [1.807, 2.05) is 12.3 Å². The van der Waals surface area contributed by atoms with Gasteiger partial charge in [0.1, 0.15) is 5.82 Å². The molecular formula is C20H34N6O. The Bertz CT molecular complexity index is 639. The molecular weight excluding hydrogens is 340 g/mol. The van der Waals surface area contributed by atoms with Gasteiger partial charge in [-0.3, -0.25) is 4.90 Å². The van der Waals surface area contributed by atoms with Crippen LogP contribution in [-0.2, 0) is 0 Å². The fraction of sp³-hybridized carbons (Fsp3) is 0.650. The minimum atomic E-state index is 0.295. The maximum Gasteiger partial charge on any atom is 0.141 e. The van der Waals surface area contributed by atoms with Gasteiger partial charge in [-0.05, 0) is 26.0 Å². The molecule has 2 aliphatic heterocycles. The number of nitrogens with zero attached hydrogens (tertiary/aromatic N) is 3. The van der Waals surface area contributed by atoms with Gasteiger partial charge in [0, 0.05) is 56.1 Å². The first-order valence-electron chi connectivity index (χ1n) is 10.2. The lowest BCUT2D eigenvalue weighted by atomic mass is 9.85. The number of nitrogens with one attached hydrogen (secondary N) is 2. The summed E-state index contributed by atoms with van der Waals surface area (Å²) in [6, 6.07) is 2.03. The predicted octanol–water partition coefficient (Wildman–Crippen LogP) is 1.71. The van der Waals surface area contributed by atoms with Crippen molar-refractivity contribution >= 4 is 17.9 Å². The van der Waals surface area contributed by atoms with Gasteiger partial charge in [0.15, 0.2) is 0 Å². The Balaban J connectivity index is 0.000000180. The summed E-state index contributed by atoms with van der Waals surface area (Å²) >= 11 is 0. The van der Waals surface area contributed by atoms with Crippen molar-refractivity contribution in [2.75, 3.05) is 46.4 Å². The molecule has 150 valence electrons. The van der Waals surface area contributed by atoms with Crippen molar-refractivity contribution in [1.82, 2.24) is 20.1 Å². The number of nitrogens with two attached hydrogens (primary N) is 1. The molecule has 0 amide bonds. The third-order valence-electron chi connectivity index (χ3n) is 5.74. The average molecular weight is 375 g/mol. The molecule has 1 saturated carbocycles. The number of hydrogen-bond acceptors (Lipinski definition) is 6. The summed E-state index contributed by atoms with van der Waals surface area (Å²) in [7, 11) is 2.14. The fourth-order valence-corrected chi connectivity index (χ4v) is 3.98. The smallest absolute Gasteiger partial charge is 0.141 e. The van der Waals surface area contributed by atoms with Crippen molar-refractivity contribution in [1.29, 1.82) is 0 Å². The zero-order chi connectivity index (χ0) is 19.1. The number of fused-ring (bicyclic) bond motifs is 1. The highest BCUT2D eigenvalue weighted by atomic mass is 16.3. The number of aromatic nitrogens is 1. The summed E-state index contributed by atoms with van der Waals surface area (Å²) < 4.78 is 0. The fourth-order valence-electron chi connectivity index (χ4n) is 3.98. The molecule has 3 heterocycles. The maximum absolute atomic E-state index is 8.63. The van der Waals surface area contributed by atoms with Crippen molar-refractivity contribution in [3.8, 4) is 0 Å². The number of β-amino-alcohol motifs (C(OH)–C–C–N with tert-alkyl or cyclic N) is 1. The van der Waals surface area contributed by atoms with Crippen LogP contribution in [0.15, 0.2) is 23.0 Å². The number of aliphatic imine (C=N–C) groups is 1. The van der Waals surface area contributed by atoms with Crippen LogP contribution < -0.4 is 11.1 Å². The van der Waals surface area contributed by atoms with Crippen LogP contribution in [0, 0.1) is 5.92 Å². The van der Waals surface area contributed by atoms with Crippen LogP contribution in [0.2, 0.25) is 0 Å². The van der Waals surface area contributed by atoms with E-state index in [4.69, 9.17) is 10.8 Å². The van der Waals surface area contributed by atoms with Gasteiger partial charge in [0.25, 0.3) is 0 Å². The van der Waals surface area contributed by atoms with Gasteiger partial charge in [0.2, 0.25) is 0 Å². The number of likely N-dealkylation sites (N-methyl/N-ethyl adjacent to an activating group) is 1. The monoisotopic (exact) mass is 374 g/mol. The largest absolute Gasteiger partial charge is 0.400 e. The molecule has 3 aliphatic rings. The summed E-state index contributed by atoms with van der Waals surface area (Å²) in [6.07, 6.45) is 10.00. The van der Waals surface area contributed by atoms with E-state index < -0.39 is 0 Å². The van der Waals surface area contributed by atoms with E-state index in [0.29, 0.717) is 12.5 Å². The quantitative estimate of drug-likeness (QED) is 0.646. The highest BCUT2D eigenvalue weighted by Crippen LogP contribution is 2.33. The number of rotatable bonds is 3. The topological polar surface area (TPSA) is 92.9 Å². The van der Waals surface area contributed by atoms with Crippen LogP contribution >= 0.6 is 0 Å². The molecule has 0 spiro atoms. The Morgan fingerprint density at radius 2 is 1.96 bits per heavy atom. The summed E-state index contributed by atoms with van der Waals surface area (Å²) in [5.41, 5.74) is 9.47. The average Bonchev–Trinajstić information content (AvgIpc) is 3.19. The van der Waals surface area contributed by atoms with Crippen molar-refractivity contribution in [2.24, 2.45) is 16.6 Å². The van der Waals surface area contributed by atoms with Crippen LogP contribution in [0.1, 0.15) is 37.7 Å². The zero-order valence-corrected chi connectivity index (χ0v) is 16.5. The second-order valence-corrected chi connectivity index (χ2v) is 7.68. The normalized spacial score (nSPS) is 23.2. The van der Waals surface area contributed by atoms with E-state index in [-0.39, 0.29) is 0 Å². The van der Waals surface area contributed by atoms with E-state index in [1.54, 1.807) is 6.34 Å². The number of aromatic amines is 1. The SMILES string of the molecule is CN1CCN(CCO)CC1.N/C(=C1\NC=Nc2[nH]ccc21)C1CCCCC1. The Labute approximate surface area is 162 Å². The molecule has 27 heavy (non-hydrogen) atoms. The van der Waals surface area contributed by atoms with Gasteiger partial charge in [-0.15, -0.1) is 0 Å². The van der Waals surface area contributed by atoms with Crippen molar-refractivity contribution < 1.29 is 5.11 Å². The lowest BCUT2D eigenvalue weighted by Crippen LogP contribution is -2.45. The number of allylic oxidation sites excluding steroid dienone is 1. The molecule has 0 unspecified atom stereocenters. The van der Waals surface area contributed by atoms with Crippen molar-refractivity contribution in [3.05, 3.63) is 23.5 Å². The van der Waals surface area contributed by atoms with E-state index in [2.05, 4.69) is 32.1 Å². The number of aliphatic hydroxyl groups excluding tert-OH is 1. The molecule has 1 aliphatic carbocycles. The Hall–Kier alpha value is -1.83. The molecule has 4 rings (SSSR count). The van der Waals surface area contributed by atoms with Gasteiger partial charge in [-0.1, -0.05) is 19.3 Å². The third kappa shape index (κ3) is 5.34. The van der Waals surface area contributed by atoms with E-state index >= 15 is 0 Å². The van der Waals surface area contributed by atoms with Crippen LogP contribution in [0.4, 0.5) is 5.82 Å². The van der Waals surface area contributed by atoms with Crippen molar-refractivity contribution in [3.63, 3.8) is 0 Å². The first-order chi connectivity index (χ1) is 13.2. The number of aliphatic hydroxyl groups is 1. The number of piperazine rings is 1. The molecule has 1 saturated heterocycles. The zero-order valence-electron chi connectivity index (χ0n) is 16.5. The lowest BCUT2D eigenvalue weighted by Gasteiger charge is -2.31. The first-order valence-corrected chi connectivity index (χ1v) is 10.2. The van der Waals surface area contributed by atoms with Gasteiger partial charge in [-0.25, -0.2) is 4.99 Å². The Kier molecular flexibility index (Phi) is 7.32. The summed E-state index contributed by atoms with van der Waals surface area (Å²) in [6.45, 7) is 5.63. The number of hydrogen-bond donors (Lipinski definition) is 4. The molecule has 0 aromatic carbocycles. The molecule has 0 atom stereocenters. The van der Waals surface area contributed by atoms with E-state index in [0.717, 1.165) is 55.5 Å². The van der Waals surface area contributed by atoms with Gasteiger partial charge >= 0.3 is 0 Å². The molecule has 5 N–H and O–H groups in total. The van der Waals surface area contributed by atoms with E-state index in [9.17, 15) is 0 Å². The van der Waals surface area contributed by atoms with Gasteiger partial charge in [-0.2, -0.15) is 0 Å². The molecule has 0 radical (unpaired) electrons. The predicted molar refractivity (Wildman–Crippen MR) is 111 cm³/mol. The highest BCUT2D eigenvalue weighted by molar-refractivity contribution is 5.87. The highest BCUT2D eigenvalue weighted by Gasteiger charge is 2.22. The molecule has 7 heteroatoms. The van der Waals surface area contributed by atoms with Crippen LogP contribution in [0.5, 0.6) is 0 Å². The summed E-state index contributed by atoms with van der Waals surface area (Å²) in [5, 5.41) is 11.8. The van der Waals surface area contributed by atoms with E-state index in [1.165, 1.54) is 32.1 Å². The minimum Gasteiger partial charge on any atom is -0.400 e. The van der Waals surface area contributed by atoms with Gasteiger partial charge in [0.05, 0.1) is 18.6 Å². The first kappa shape index (κ1) is 19.9. The molecule has 0 bridgehead atoms. The van der Waals surface area contributed by atoms with Crippen LogP contribution in [0.25, 0.3) is 5.70 Å². The van der Waals surface area contributed by atoms with Crippen LogP contribution in [-0.4, -0.2) is 72.6 Å². The molecule has 1 aromatic rings. The van der Waals surface area contributed by atoms with Crippen molar-refractivity contribution in [2.45, 2.75) is 32.1 Å². The lowest BCUT2D eigenvalue weighted by molar-refractivity contribution is 0.128. The third-order valence-corrected chi connectivity index (χ3v) is 5.74. The second kappa shape index (κ2) is 9.92. The van der Waals surface area contributed by atoms with Gasteiger partial charge < -0.3 is 26.0 Å². The molecule has 2 fully saturated rings. The summed E-state index contributed by atoms with van der Waals surface area (Å²) in [4.78, 5) is 12.0. The maximum atomic E-state index is 8.63. The Morgan fingerprint density at radius 3 is 2.67 bits per heavy atom. The standard InChI is InChI=1S/C13H18N4.C7H16N2O/c14-11(9-4-2-1-3-5-9)12-10-6-7-15-13(10)17-8-16-12;1-8-2-4-9(5-3-8)6-7-10/h6-9,15H,1-5,14H2,(H,16,17);10H,2-7H2,1H3/b12-11-;. The molecule has 1 aromatic heterocycles. The minimum absolute atomic E-state index is 0.295. The number of H-pyrrole nitrogens is 1. The second-order valence-electron chi connectivity index (χ2n) is 7.68. The molecule has 7 nitrogen and oxygen atoms in total.